The van der Waals surface area contributed by atoms with Crippen molar-refractivity contribution in [2.24, 2.45) is 0 Å². The SMILES string of the molecule is Cc1ccc(OS(=O)(=O)/C=C/c2ccccc2)cc1. The van der Waals surface area contributed by atoms with Gasteiger partial charge < -0.3 is 4.18 Å². The molecular weight excluding hydrogens is 260 g/mol. The van der Waals surface area contributed by atoms with Crippen LogP contribution in [-0.4, -0.2) is 8.42 Å². The van der Waals surface area contributed by atoms with Gasteiger partial charge in [-0.1, -0.05) is 48.0 Å². The van der Waals surface area contributed by atoms with Crippen molar-refractivity contribution in [1.29, 1.82) is 0 Å². The van der Waals surface area contributed by atoms with E-state index in [9.17, 15) is 8.42 Å². The highest BCUT2D eigenvalue weighted by molar-refractivity contribution is 7.90. The quantitative estimate of drug-likeness (QED) is 0.803. The lowest BCUT2D eigenvalue weighted by molar-refractivity contribution is 0.497. The van der Waals surface area contributed by atoms with Crippen molar-refractivity contribution in [3.05, 3.63) is 71.1 Å². The van der Waals surface area contributed by atoms with Gasteiger partial charge in [0.1, 0.15) is 5.75 Å². The minimum absolute atomic E-state index is 0.309. The van der Waals surface area contributed by atoms with Crippen LogP contribution in [0.25, 0.3) is 6.08 Å². The topological polar surface area (TPSA) is 43.4 Å². The lowest BCUT2D eigenvalue weighted by Gasteiger charge is -2.03. The summed E-state index contributed by atoms with van der Waals surface area (Å²) >= 11 is 0. The predicted molar refractivity (Wildman–Crippen MR) is 76.2 cm³/mol. The third-order valence-electron chi connectivity index (χ3n) is 2.46. The zero-order valence-electron chi connectivity index (χ0n) is 10.5. The van der Waals surface area contributed by atoms with Gasteiger partial charge >= 0.3 is 10.1 Å². The van der Waals surface area contributed by atoms with Crippen LogP contribution in [0.4, 0.5) is 0 Å². The van der Waals surface area contributed by atoms with Gasteiger partial charge in [0.2, 0.25) is 0 Å². The lowest BCUT2D eigenvalue weighted by atomic mass is 10.2. The fourth-order valence-electron chi connectivity index (χ4n) is 1.48. The van der Waals surface area contributed by atoms with Crippen LogP contribution in [0, 0.1) is 6.92 Å². The largest absolute Gasteiger partial charge is 0.379 e. The first-order chi connectivity index (χ1) is 9.05. The van der Waals surface area contributed by atoms with Gasteiger partial charge in [-0.3, -0.25) is 0 Å². The van der Waals surface area contributed by atoms with E-state index in [0.29, 0.717) is 5.75 Å². The van der Waals surface area contributed by atoms with Gasteiger partial charge in [-0.15, -0.1) is 0 Å². The van der Waals surface area contributed by atoms with Crippen molar-refractivity contribution in [1.82, 2.24) is 0 Å². The van der Waals surface area contributed by atoms with Crippen LogP contribution in [0.1, 0.15) is 11.1 Å². The molecule has 0 radical (unpaired) electrons. The van der Waals surface area contributed by atoms with Crippen molar-refractivity contribution < 1.29 is 12.6 Å². The van der Waals surface area contributed by atoms with Gasteiger partial charge in [0.25, 0.3) is 0 Å². The summed E-state index contributed by atoms with van der Waals surface area (Å²) in [6, 6.07) is 16.0. The predicted octanol–water partition coefficient (Wildman–Crippen LogP) is 3.37. The first-order valence-electron chi connectivity index (χ1n) is 5.79. The summed E-state index contributed by atoms with van der Waals surface area (Å²) in [5.41, 5.74) is 1.85. The average molecular weight is 274 g/mol. The molecule has 4 heteroatoms. The van der Waals surface area contributed by atoms with E-state index >= 15 is 0 Å². The maximum Gasteiger partial charge on any atom is 0.332 e. The molecule has 0 N–H and O–H groups in total. The fraction of sp³-hybridized carbons (Fsp3) is 0.0667. The van der Waals surface area contributed by atoms with Crippen LogP contribution >= 0.6 is 0 Å². The molecule has 0 saturated carbocycles. The smallest absolute Gasteiger partial charge is 0.332 e. The Balaban J connectivity index is 2.11. The van der Waals surface area contributed by atoms with E-state index in [4.69, 9.17) is 4.18 Å². The van der Waals surface area contributed by atoms with E-state index in [0.717, 1.165) is 16.5 Å². The van der Waals surface area contributed by atoms with Crippen molar-refractivity contribution >= 4 is 16.2 Å². The molecule has 19 heavy (non-hydrogen) atoms. The van der Waals surface area contributed by atoms with Crippen LogP contribution in [0.3, 0.4) is 0 Å². The Bertz CT molecular complexity index is 656. The Kier molecular flexibility index (Phi) is 4.02. The molecule has 2 aromatic carbocycles. The lowest BCUT2D eigenvalue weighted by Crippen LogP contribution is -2.04. The second kappa shape index (κ2) is 5.71. The van der Waals surface area contributed by atoms with Gasteiger partial charge in [0.15, 0.2) is 0 Å². The van der Waals surface area contributed by atoms with Crippen molar-refractivity contribution in [2.45, 2.75) is 6.92 Å². The normalized spacial score (nSPS) is 11.6. The molecular formula is C15H14O3S. The standard InChI is InChI=1S/C15H14O3S/c1-13-7-9-15(10-8-13)18-19(16,17)12-11-14-5-3-2-4-6-14/h2-12H,1H3/b12-11+. The molecule has 0 fully saturated rings. The molecule has 0 saturated heterocycles. The summed E-state index contributed by atoms with van der Waals surface area (Å²) in [7, 11) is -3.73. The third kappa shape index (κ3) is 4.26. The zero-order chi connectivity index (χ0) is 13.7. The maximum absolute atomic E-state index is 11.7. The molecule has 2 aromatic rings. The minimum atomic E-state index is -3.73. The second-order valence-corrected chi connectivity index (χ2v) is 5.53. The molecule has 0 aliphatic rings. The highest BCUT2D eigenvalue weighted by Crippen LogP contribution is 2.15. The van der Waals surface area contributed by atoms with Gasteiger partial charge in [-0.25, -0.2) is 0 Å². The second-order valence-electron chi connectivity index (χ2n) is 4.10. The molecule has 0 unspecified atom stereocenters. The molecule has 2 rings (SSSR count). The monoisotopic (exact) mass is 274 g/mol. The van der Waals surface area contributed by atoms with E-state index < -0.39 is 10.1 Å². The number of hydrogen-bond donors (Lipinski definition) is 0. The molecule has 0 heterocycles. The van der Waals surface area contributed by atoms with E-state index in [1.165, 1.54) is 6.08 Å². The van der Waals surface area contributed by atoms with Crippen LogP contribution in [0.15, 0.2) is 60.0 Å². The Morgan fingerprint density at radius 1 is 0.947 bits per heavy atom. The van der Waals surface area contributed by atoms with Gasteiger partial charge in [-0.2, -0.15) is 8.42 Å². The molecule has 0 amide bonds. The van der Waals surface area contributed by atoms with E-state index in [-0.39, 0.29) is 0 Å². The number of rotatable bonds is 4. The molecule has 3 nitrogen and oxygen atoms in total. The highest BCUT2D eigenvalue weighted by atomic mass is 32.2. The Labute approximate surface area is 113 Å². The van der Waals surface area contributed by atoms with Crippen LogP contribution in [0.2, 0.25) is 0 Å². The number of aryl methyl sites for hydroxylation is 1. The average Bonchev–Trinajstić information content (AvgIpc) is 2.40. The summed E-state index contributed by atoms with van der Waals surface area (Å²) in [4.78, 5) is 0. The Morgan fingerprint density at radius 3 is 2.21 bits per heavy atom. The van der Waals surface area contributed by atoms with Crippen molar-refractivity contribution in [3.8, 4) is 5.75 Å². The van der Waals surface area contributed by atoms with Crippen LogP contribution in [0.5, 0.6) is 5.75 Å². The molecule has 0 atom stereocenters. The summed E-state index contributed by atoms with van der Waals surface area (Å²) in [6.45, 7) is 1.92. The molecule has 0 aliphatic carbocycles. The van der Waals surface area contributed by atoms with E-state index in [1.54, 1.807) is 24.3 Å². The molecule has 0 aliphatic heterocycles. The molecule has 0 spiro atoms. The maximum atomic E-state index is 11.7. The highest BCUT2D eigenvalue weighted by Gasteiger charge is 2.07. The summed E-state index contributed by atoms with van der Waals surface area (Å²) in [5, 5.41) is 1.06. The number of hydrogen-bond acceptors (Lipinski definition) is 3. The minimum Gasteiger partial charge on any atom is -0.379 e. The van der Waals surface area contributed by atoms with E-state index in [1.807, 2.05) is 37.3 Å². The fourth-order valence-corrected chi connectivity index (χ4v) is 2.24. The summed E-state index contributed by atoms with van der Waals surface area (Å²) in [6.07, 6.45) is 1.50. The summed E-state index contributed by atoms with van der Waals surface area (Å²) in [5.74, 6) is 0.309. The van der Waals surface area contributed by atoms with Gasteiger partial charge in [0, 0.05) is 0 Å². The van der Waals surface area contributed by atoms with Crippen molar-refractivity contribution in [2.75, 3.05) is 0 Å². The first kappa shape index (κ1) is 13.4. The van der Waals surface area contributed by atoms with Crippen LogP contribution in [-0.2, 0) is 10.1 Å². The van der Waals surface area contributed by atoms with Gasteiger partial charge in [-0.05, 0) is 30.7 Å². The first-order valence-corrected chi connectivity index (χ1v) is 7.27. The van der Waals surface area contributed by atoms with E-state index in [2.05, 4.69) is 0 Å². The zero-order valence-corrected chi connectivity index (χ0v) is 11.3. The molecule has 98 valence electrons. The van der Waals surface area contributed by atoms with Crippen LogP contribution < -0.4 is 4.18 Å². The molecule has 0 bridgehead atoms. The third-order valence-corrected chi connectivity index (χ3v) is 3.35. The van der Waals surface area contributed by atoms with Gasteiger partial charge in [0.05, 0.1) is 5.41 Å². The Morgan fingerprint density at radius 2 is 1.58 bits per heavy atom. The molecule has 0 aromatic heterocycles. The summed E-state index contributed by atoms with van der Waals surface area (Å²) < 4.78 is 28.5. The number of benzene rings is 2. The van der Waals surface area contributed by atoms with Crippen molar-refractivity contribution in [3.63, 3.8) is 0 Å². The Hall–Kier alpha value is -2.07.